The molecule has 0 atom stereocenters. The fraction of sp³-hybridized carbons (Fsp3) is 0.0102. The normalized spacial score (nSPS) is 11.4. The largest absolute Gasteiger partial charge is 0.310 e. The van der Waals surface area contributed by atoms with Crippen LogP contribution in [0.15, 0.2) is 352 Å². The minimum absolute atomic E-state index is 0.414. The molecule has 0 amide bonds. The summed E-state index contributed by atoms with van der Waals surface area (Å²) in [7, 11) is 0. The molecule has 0 bridgehead atoms. The van der Waals surface area contributed by atoms with E-state index >= 15 is 0 Å². The van der Waals surface area contributed by atoms with Crippen molar-refractivity contribution >= 4 is 49.3 Å². The molecule has 0 radical (unpaired) electrons. The summed E-state index contributed by atoms with van der Waals surface area (Å²) >= 11 is 0. The Bertz CT molecular complexity index is 6110. The van der Waals surface area contributed by atoms with Crippen molar-refractivity contribution in [2.45, 2.75) is 6.92 Å². The summed E-state index contributed by atoms with van der Waals surface area (Å²) in [6, 6.07) is 118. The molecule has 15 nitrogen and oxygen atoms in total. The summed E-state index contributed by atoms with van der Waals surface area (Å²) in [5.74, 6) is 6.33. The molecule has 6 heterocycles. The molecule has 528 valence electrons. The maximum absolute atomic E-state index is 9.22. The second-order valence-electron chi connectivity index (χ2n) is 27.5. The quantitative estimate of drug-likeness (QED) is 0.0892. The van der Waals surface area contributed by atoms with Gasteiger partial charge in [0.15, 0.2) is 75.6 Å². The average molecular weight is 1450 g/mol. The molecule has 6 aromatic heterocycles. The van der Waals surface area contributed by atoms with Gasteiger partial charge in [-0.15, -0.1) is 0 Å². The molecule has 113 heavy (non-hydrogen) atoms. The molecule has 20 rings (SSSR count). The molecule has 0 fully saturated rings. The van der Waals surface area contributed by atoms with Crippen LogP contribution in [0.4, 0.5) is 5.69 Å². The van der Waals surface area contributed by atoms with Crippen molar-refractivity contribution in [1.82, 2.24) is 68.9 Å². The van der Waals surface area contributed by atoms with Crippen LogP contribution in [-0.2, 0) is 0 Å². The second-order valence-corrected chi connectivity index (χ2v) is 27.5. The highest BCUT2D eigenvalue weighted by Gasteiger charge is 2.28. The van der Waals surface area contributed by atoms with E-state index in [9.17, 15) is 6.57 Å². The predicted octanol–water partition coefficient (Wildman–Crippen LogP) is 23.2. The minimum atomic E-state index is 0.414. The monoisotopic (exact) mass is 1450 g/mol. The van der Waals surface area contributed by atoms with Crippen LogP contribution in [0, 0.1) is 13.5 Å². The van der Waals surface area contributed by atoms with Crippen molar-refractivity contribution in [2.75, 3.05) is 0 Å². The van der Waals surface area contributed by atoms with Gasteiger partial charge in [-0.05, 0) is 103 Å². The van der Waals surface area contributed by atoms with Crippen LogP contribution in [0.3, 0.4) is 0 Å². The summed E-state index contributed by atoms with van der Waals surface area (Å²) in [4.78, 5) is 66.9. The lowest BCUT2D eigenvalue weighted by molar-refractivity contribution is 1.07. The lowest BCUT2D eigenvalue weighted by Crippen LogP contribution is -2.05. The number of rotatable bonds is 15. The van der Waals surface area contributed by atoms with E-state index in [-0.39, 0.29) is 0 Å². The zero-order valence-electron chi connectivity index (χ0n) is 60.7. The van der Waals surface area contributed by atoms with Gasteiger partial charge in [0.25, 0.3) is 0 Å². The molecule has 20 aromatic rings. The second kappa shape index (κ2) is 28.4. The van der Waals surface area contributed by atoms with Crippen molar-refractivity contribution < 1.29 is 0 Å². The summed E-state index contributed by atoms with van der Waals surface area (Å²) in [5, 5.41) is 3.55. The molecule has 0 N–H and O–H groups in total. The van der Waals surface area contributed by atoms with Crippen molar-refractivity contribution in [3.63, 3.8) is 0 Å². The fourth-order valence-corrected chi connectivity index (χ4v) is 15.0. The van der Waals surface area contributed by atoms with E-state index in [4.69, 9.17) is 59.8 Å². The first-order valence-electron chi connectivity index (χ1n) is 37.1. The van der Waals surface area contributed by atoms with E-state index in [1.54, 1.807) is 0 Å². The fourth-order valence-electron chi connectivity index (χ4n) is 15.0. The Hall–Kier alpha value is -15.8. The van der Waals surface area contributed by atoms with Crippen molar-refractivity contribution in [2.24, 2.45) is 0 Å². The number of fused-ring (bicyclic) bond motifs is 6. The summed E-state index contributed by atoms with van der Waals surface area (Å²) in [6.07, 6.45) is 0. The summed E-state index contributed by atoms with van der Waals surface area (Å²) in [5.41, 5.74) is 18.2. The zero-order valence-corrected chi connectivity index (χ0v) is 60.7. The molecule has 0 unspecified atom stereocenters. The van der Waals surface area contributed by atoms with Gasteiger partial charge in [-0.3, -0.25) is 0 Å². The third-order valence-electron chi connectivity index (χ3n) is 20.5. The van der Waals surface area contributed by atoms with E-state index < -0.39 is 0 Å². The molecular weight excluding hydrogens is 1390 g/mol. The summed E-state index contributed by atoms with van der Waals surface area (Å²) in [6.45, 7) is 11.4. The molecule has 0 saturated heterocycles. The molecule has 15 heteroatoms. The standard InChI is InChI=1S/C98H61N15/c1-61-29-27-28-46-75(61)86-84(112-80-51-47-70(95-104-87(62-30-11-3-12-31-62)100-88(105-95)63-32-13-4-14-33-63)55-76(80)77-56-71(48-52-81(77)112)96-106-89(64-34-15-5-16-35-64)101-90(107-96)65-36-17-6-18-37-65)59-74(99-2)60-85(86)113-82-53-49-72(97-108-91(66-38-19-7-20-39-66)102-92(109-97)67-40-21-8-22-41-67)57-78(82)79-58-73(50-54-83(79)113)98-110-93(68-42-23-9-24-43-68)103-94(111-98)69-44-25-10-26-45-69/h3-60H,1H3. The van der Waals surface area contributed by atoms with Crippen LogP contribution in [0.25, 0.3) is 208 Å². The van der Waals surface area contributed by atoms with E-state index in [0.29, 0.717) is 75.6 Å². The number of hydrogen-bond acceptors (Lipinski definition) is 12. The number of aromatic nitrogens is 14. The summed E-state index contributed by atoms with van der Waals surface area (Å²) < 4.78 is 4.62. The molecule has 0 saturated carbocycles. The minimum Gasteiger partial charge on any atom is -0.310 e. The molecule has 0 aliphatic heterocycles. The highest BCUT2D eigenvalue weighted by Crippen LogP contribution is 2.47. The first-order valence-corrected chi connectivity index (χ1v) is 37.1. The highest BCUT2D eigenvalue weighted by molar-refractivity contribution is 6.15. The Balaban J connectivity index is 0.859. The topological polar surface area (TPSA) is 169 Å². The van der Waals surface area contributed by atoms with Gasteiger partial charge in [-0.1, -0.05) is 267 Å². The predicted molar refractivity (Wildman–Crippen MR) is 450 cm³/mol. The number of benzene rings is 14. The van der Waals surface area contributed by atoms with Crippen molar-refractivity contribution in [1.29, 1.82) is 0 Å². The molecule has 0 aliphatic rings. The van der Waals surface area contributed by atoms with Crippen LogP contribution in [0.1, 0.15) is 5.56 Å². The highest BCUT2D eigenvalue weighted by atomic mass is 15.1. The molecular formula is C98H61N15. The number of hydrogen-bond donors (Lipinski definition) is 0. The molecule has 0 spiro atoms. The van der Waals surface area contributed by atoms with Crippen LogP contribution < -0.4 is 0 Å². The first kappa shape index (κ1) is 66.6. The van der Waals surface area contributed by atoms with Crippen molar-refractivity contribution in [3.05, 3.63) is 369 Å². The van der Waals surface area contributed by atoms with Gasteiger partial charge in [0, 0.05) is 105 Å². The van der Waals surface area contributed by atoms with Gasteiger partial charge < -0.3 is 9.13 Å². The first-order chi connectivity index (χ1) is 55.8. The van der Waals surface area contributed by atoms with Crippen LogP contribution in [0.2, 0.25) is 0 Å². The average Bonchev–Trinajstić information content (AvgIpc) is 1.56. The smallest absolute Gasteiger partial charge is 0.191 e. The van der Waals surface area contributed by atoms with E-state index in [1.807, 2.05) is 255 Å². The van der Waals surface area contributed by atoms with Crippen LogP contribution in [-0.4, -0.2) is 68.9 Å². The SMILES string of the molecule is [C-]#[N+]c1cc(-n2c3ccc(-c4nc(-c5ccccc5)nc(-c5ccccc5)n4)cc3c3cc(-c4nc(-c5ccccc5)nc(-c5ccccc5)n4)ccc32)c(-c2ccccc2C)c(-n2c3ccc(-c4nc(-c5ccccc5)nc(-c5ccccc5)n4)cc3c3cc(-c4nc(-c5ccccc5)nc(-c5ccccc5)n4)ccc32)c1. The third kappa shape index (κ3) is 12.5. The van der Waals surface area contributed by atoms with Crippen molar-refractivity contribution in [3.8, 4) is 159 Å². The van der Waals surface area contributed by atoms with Gasteiger partial charge >= 0.3 is 0 Å². The Labute approximate surface area is 649 Å². The maximum atomic E-state index is 9.22. The number of aryl methyl sites for hydroxylation is 1. The Kier molecular flexibility index (Phi) is 16.8. The van der Waals surface area contributed by atoms with Gasteiger partial charge in [0.2, 0.25) is 0 Å². The van der Waals surface area contributed by atoms with Gasteiger partial charge in [-0.25, -0.2) is 64.7 Å². The van der Waals surface area contributed by atoms with Crippen LogP contribution in [0.5, 0.6) is 0 Å². The molecule has 0 aliphatic carbocycles. The zero-order chi connectivity index (χ0) is 75.3. The van der Waals surface area contributed by atoms with Gasteiger partial charge in [-0.2, -0.15) is 0 Å². The third-order valence-corrected chi connectivity index (χ3v) is 20.5. The molecule has 14 aromatic carbocycles. The van der Waals surface area contributed by atoms with E-state index in [0.717, 1.165) is 138 Å². The van der Waals surface area contributed by atoms with Crippen LogP contribution >= 0.6 is 0 Å². The lowest BCUT2D eigenvalue weighted by Gasteiger charge is -2.22. The van der Waals surface area contributed by atoms with E-state index in [1.165, 1.54) is 0 Å². The van der Waals surface area contributed by atoms with Gasteiger partial charge in [0.1, 0.15) is 0 Å². The number of nitrogens with zero attached hydrogens (tertiary/aromatic N) is 15. The Morgan fingerprint density at radius 2 is 0.407 bits per heavy atom. The van der Waals surface area contributed by atoms with Gasteiger partial charge in [0.05, 0.1) is 28.6 Å². The Morgan fingerprint density at radius 3 is 0.611 bits per heavy atom. The van der Waals surface area contributed by atoms with E-state index in [2.05, 4.69) is 118 Å². The Morgan fingerprint density at radius 1 is 0.212 bits per heavy atom. The maximum Gasteiger partial charge on any atom is 0.191 e. The lowest BCUT2D eigenvalue weighted by atomic mass is 9.95.